The van der Waals surface area contributed by atoms with Crippen molar-refractivity contribution in [3.8, 4) is 5.75 Å². The summed E-state index contributed by atoms with van der Waals surface area (Å²) in [4.78, 5) is 17.2. The van der Waals surface area contributed by atoms with E-state index < -0.39 is 0 Å². The van der Waals surface area contributed by atoms with Gasteiger partial charge in [0.2, 0.25) is 5.91 Å². The summed E-state index contributed by atoms with van der Waals surface area (Å²) in [6.07, 6.45) is 1.91. The van der Waals surface area contributed by atoms with Gasteiger partial charge in [0.05, 0.1) is 32.9 Å². The Morgan fingerprint density at radius 1 is 1.25 bits per heavy atom. The second-order valence-electron chi connectivity index (χ2n) is 7.13. The minimum absolute atomic E-state index is 0.0304. The van der Waals surface area contributed by atoms with Gasteiger partial charge in [0.1, 0.15) is 12.3 Å². The molecule has 2 saturated heterocycles. The molecule has 2 aromatic rings. The van der Waals surface area contributed by atoms with E-state index >= 15 is 0 Å². The fourth-order valence-corrected chi connectivity index (χ4v) is 3.97. The standard InChI is InChI=1S/C19H26N6O3/c1-27-17-7-3-2-5-15(17)16-6-4-8-24(16)19(26)14-25-18(20-21-22-25)13-23-9-11-28-12-10-23/h2-3,5,7,16H,4,6,8-14H2,1H3/t16-/m0/s1. The van der Waals surface area contributed by atoms with Crippen molar-refractivity contribution < 1.29 is 14.3 Å². The number of nitrogens with zero attached hydrogens (tertiary/aromatic N) is 6. The van der Waals surface area contributed by atoms with Crippen LogP contribution in [-0.4, -0.2) is 75.9 Å². The highest BCUT2D eigenvalue weighted by Crippen LogP contribution is 2.36. The number of rotatable bonds is 6. The van der Waals surface area contributed by atoms with E-state index in [0.29, 0.717) is 12.4 Å². The Kier molecular flexibility index (Phi) is 5.82. The average Bonchev–Trinajstić information content (AvgIpc) is 3.38. The Labute approximate surface area is 164 Å². The number of aromatic nitrogens is 4. The number of amides is 1. The molecule has 0 radical (unpaired) electrons. The molecule has 3 heterocycles. The SMILES string of the molecule is COc1ccccc1[C@@H]1CCCN1C(=O)Cn1nnnc1CN1CCOCC1. The van der Waals surface area contributed by atoms with Crippen molar-refractivity contribution in [2.24, 2.45) is 0 Å². The molecule has 9 nitrogen and oxygen atoms in total. The monoisotopic (exact) mass is 386 g/mol. The molecule has 4 rings (SSSR count). The van der Waals surface area contributed by atoms with Crippen LogP contribution in [0, 0.1) is 0 Å². The zero-order valence-electron chi connectivity index (χ0n) is 16.2. The highest BCUT2D eigenvalue weighted by Gasteiger charge is 2.32. The van der Waals surface area contributed by atoms with Gasteiger partial charge >= 0.3 is 0 Å². The minimum Gasteiger partial charge on any atom is -0.496 e. The Morgan fingerprint density at radius 3 is 2.89 bits per heavy atom. The second-order valence-corrected chi connectivity index (χ2v) is 7.13. The van der Waals surface area contributed by atoms with Crippen LogP contribution in [-0.2, 0) is 22.6 Å². The third kappa shape index (κ3) is 4.00. The first-order chi connectivity index (χ1) is 13.8. The fourth-order valence-electron chi connectivity index (χ4n) is 3.97. The summed E-state index contributed by atoms with van der Waals surface area (Å²) in [6, 6.07) is 7.94. The van der Waals surface area contributed by atoms with Crippen molar-refractivity contribution in [1.29, 1.82) is 0 Å². The Hall–Kier alpha value is -2.52. The molecule has 28 heavy (non-hydrogen) atoms. The molecule has 2 aliphatic heterocycles. The topological polar surface area (TPSA) is 85.6 Å². The van der Waals surface area contributed by atoms with Crippen molar-refractivity contribution in [2.75, 3.05) is 40.0 Å². The normalized spacial score (nSPS) is 20.5. The summed E-state index contributed by atoms with van der Waals surface area (Å²) in [5, 5.41) is 12.0. The summed E-state index contributed by atoms with van der Waals surface area (Å²) < 4.78 is 12.5. The van der Waals surface area contributed by atoms with Crippen molar-refractivity contribution in [3.05, 3.63) is 35.7 Å². The molecule has 0 unspecified atom stereocenters. The lowest BCUT2D eigenvalue weighted by Gasteiger charge is -2.27. The summed E-state index contributed by atoms with van der Waals surface area (Å²) >= 11 is 0. The van der Waals surface area contributed by atoms with Crippen molar-refractivity contribution >= 4 is 5.91 Å². The van der Waals surface area contributed by atoms with E-state index in [-0.39, 0.29) is 18.5 Å². The maximum atomic E-state index is 13.1. The van der Waals surface area contributed by atoms with E-state index in [1.165, 1.54) is 0 Å². The lowest BCUT2D eigenvalue weighted by atomic mass is 10.0. The Morgan fingerprint density at radius 2 is 2.07 bits per heavy atom. The van der Waals surface area contributed by atoms with Crippen LogP contribution in [0.1, 0.15) is 30.3 Å². The molecule has 0 saturated carbocycles. The summed E-state index contributed by atoms with van der Waals surface area (Å²) in [6.45, 7) is 4.65. The third-order valence-corrected chi connectivity index (χ3v) is 5.43. The van der Waals surface area contributed by atoms with Crippen LogP contribution in [0.25, 0.3) is 0 Å². The molecule has 2 aliphatic rings. The number of para-hydroxylation sites is 1. The Balaban J connectivity index is 1.45. The molecule has 0 aliphatic carbocycles. The van der Waals surface area contributed by atoms with E-state index in [1.807, 2.05) is 29.2 Å². The molecule has 1 aromatic carbocycles. The number of carbonyl (C=O) groups is 1. The van der Waals surface area contributed by atoms with Crippen molar-refractivity contribution in [3.63, 3.8) is 0 Å². The number of hydrogen-bond donors (Lipinski definition) is 0. The molecule has 9 heteroatoms. The molecular formula is C19H26N6O3. The first-order valence-corrected chi connectivity index (χ1v) is 9.74. The molecule has 1 amide bonds. The largest absolute Gasteiger partial charge is 0.496 e. The average molecular weight is 386 g/mol. The number of benzene rings is 1. The van der Waals surface area contributed by atoms with Crippen LogP contribution >= 0.6 is 0 Å². The number of ether oxygens (including phenoxy) is 2. The van der Waals surface area contributed by atoms with Gasteiger partial charge in [0.15, 0.2) is 5.82 Å². The second kappa shape index (κ2) is 8.66. The van der Waals surface area contributed by atoms with Gasteiger partial charge < -0.3 is 14.4 Å². The summed E-state index contributed by atoms with van der Waals surface area (Å²) in [5.41, 5.74) is 1.06. The van der Waals surface area contributed by atoms with Gasteiger partial charge in [-0.1, -0.05) is 18.2 Å². The molecule has 2 fully saturated rings. The lowest BCUT2D eigenvalue weighted by Crippen LogP contribution is -2.37. The number of hydrogen-bond acceptors (Lipinski definition) is 7. The van der Waals surface area contributed by atoms with Gasteiger partial charge in [-0.15, -0.1) is 5.10 Å². The minimum atomic E-state index is 0.0304. The van der Waals surface area contributed by atoms with Crippen LogP contribution in [0.5, 0.6) is 5.75 Å². The van der Waals surface area contributed by atoms with E-state index in [0.717, 1.165) is 57.0 Å². The van der Waals surface area contributed by atoms with Crippen LogP contribution in [0.15, 0.2) is 24.3 Å². The number of carbonyl (C=O) groups excluding carboxylic acids is 1. The molecular weight excluding hydrogens is 360 g/mol. The molecule has 1 atom stereocenters. The lowest BCUT2D eigenvalue weighted by molar-refractivity contribution is -0.133. The quantitative estimate of drug-likeness (QED) is 0.728. The number of methoxy groups -OCH3 is 1. The highest BCUT2D eigenvalue weighted by molar-refractivity contribution is 5.77. The number of tetrazole rings is 1. The maximum Gasteiger partial charge on any atom is 0.244 e. The van der Waals surface area contributed by atoms with Crippen molar-refractivity contribution in [2.45, 2.75) is 32.0 Å². The van der Waals surface area contributed by atoms with Gasteiger partial charge in [-0.2, -0.15) is 0 Å². The molecule has 0 bridgehead atoms. The summed E-state index contributed by atoms with van der Waals surface area (Å²) in [5.74, 6) is 1.56. The van der Waals surface area contributed by atoms with E-state index in [2.05, 4.69) is 20.4 Å². The molecule has 0 N–H and O–H groups in total. The van der Waals surface area contributed by atoms with Crippen molar-refractivity contribution in [1.82, 2.24) is 30.0 Å². The zero-order valence-corrected chi connectivity index (χ0v) is 16.2. The zero-order chi connectivity index (χ0) is 19.3. The highest BCUT2D eigenvalue weighted by atomic mass is 16.5. The van der Waals surface area contributed by atoms with Gasteiger partial charge in [0.25, 0.3) is 0 Å². The smallest absolute Gasteiger partial charge is 0.244 e. The molecule has 0 spiro atoms. The van der Waals surface area contributed by atoms with Gasteiger partial charge in [-0.25, -0.2) is 4.68 Å². The van der Waals surface area contributed by atoms with Gasteiger partial charge in [-0.05, 0) is 29.3 Å². The predicted octanol–water partition coefficient (Wildman–Crippen LogP) is 0.878. The van der Waals surface area contributed by atoms with Gasteiger partial charge in [0, 0.05) is 25.2 Å². The van der Waals surface area contributed by atoms with Crippen LogP contribution in [0.3, 0.4) is 0 Å². The predicted molar refractivity (Wildman–Crippen MR) is 101 cm³/mol. The third-order valence-electron chi connectivity index (χ3n) is 5.43. The molecule has 150 valence electrons. The van der Waals surface area contributed by atoms with Crippen LogP contribution in [0.2, 0.25) is 0 Å². The van der Waals surface area contributed by atoms with E-state index in [9.17, 15) is 4.79 Å². The maximum absolute atomic E-state index is 13.1. The number of morpholine rings is 1. The summed E-state index contributed by atoms with van der Waals surface area (Å²) in [7, 11) is 1.67. The first kappa shape index (κ1) is 18.8. The first-order valence-electron chi connectivity index (χ1n) is 9.74. The van der Waals surface area contributed by atoms with E-state index in [4.69, 9.17) is 9.47 Å². The Bertz CT molecular complexity index is 804. The molecule has 1 aromatic heterocycles. The van der Waals surface area contributed by atoms with Crippen LogP contribution < -0.4 is 4.74 Å². The van der Waals surface area contributed by atoms with Crippen LogP contribution in [0.4, 0.5) is 0 Å². The van der Waals surface area contributed by atoms with Gasteiger partial charge in [-0.3, -0.25) is 9.69 Å². The number of likely N-dealkylation sites (tertiary alicyclic amines) is 1. The van der Waals surface area contributed by atoms with E-state index in [1.54, 1.807) is 11.8 Å². The fraction of sp³-hybridized carbons (Fsp3) is 0.579.